The maximum atomic E-state index is 13.0. The van der Waals surface area contributed by atoms with Crippen molar-refractivity contribution in [1.29, 1.82) is 0 Å². The highest BCUT2D eigenvalue weighted by molar-refractivity contribution is 7.89. The number of hydrogen-bond donors (Lipinski definition) is 2. The molecule has 0 aliphatic heterocycles. The van der Waals surface area contributed by atoms with Crippen LogP contribution < -0.4 is 10.1 Å². The van der Waals surface area contributed by atoms with Crippen molar-refractivity contribution < 1.29 is 23.1 Å². The molecule has 1 aliphatic rings. The lowest BCUT2D eigenvalue weighted by Crippen LogP contribution is -2.46. The van der Waals surface area contributed by atoms with Crippen LogP contribution in [0.25, 0.3) is 0 Å². The van der Waals surface area contributed by atoms with Gasteiger partial charge in [0.1, 0.15) is 5.75 Å². The summed E-state index contributed by atoms with van der Waals surface area (Å²) in [6, 6.07) is 3.77. The normalized spacial score (nSPS) is 21.2. The number of sulfonamides is 1. The Morgan fingerprint density at radius 1 is 1.36 bits per heavy atom. The zero-order valence-corrected chi connectivity index (χ0v) is 15.7. The van der Waals surface area contributed by atoms with E-state index in [1.54, 1.807) is 6.92 Å². The molecule has 1 aromatic rings. The van der Waals surface area contributed by atoms with Crippen LogP contribution in [-0.4, -0.2) is 56.6 Å². The molecule has 0 heterocycles. The van der Waals surface area contributed by atoms with E-state index in [2.05, 4.69) is 5.32 Å². The lowest BCUT2D eigenvalue weighted by Gasteiger charge is -2.34. The smallest absolute Gasteiger partial charge is 0.255 e. The highest BCUT2D eigenvalue weighted by Crippen LogP contribution is 2.29. The lowest BCUT2D eigenvalue weighted by molar-refractivity contribution is 0.0638. The van der Waals surface area contributed by atoms with E-state index in [0.717, 1.165) is 12.8 Å². The Morgan fingerprint density at radius 3 is 2.64 bits per heavy atom. The Labute approximate surface area is 149 Å². The number of benzene rings is 1. The number of likely N-dealkylation sites (N-methyl/N-ethyl adjacent to an activating group) is 1. The molecule has 8 heteroatoms. The Hall–Kier alpha value is -1.64. The molecule has 1 fully saturated rings. The van der Waals surface area contributed by atoms with Crippen molar-refractivity contribution in [2.75, 3.05) is 20.7 Å². The van der Waals surface area contributed by atoms with Crippen LogP contribution in [0.1, 0.15) is 43.0 Å². The van der Waals surface area contributed by atoms with Crippen molar-refractivity contribution in [2.45, 2.75) is 49.6 Å². The van der Waals surface area contributed by atoms with Gasteiger partial charge in [0.2, 0.25) is 10.0 Å². The number of nitrogens with one attached hydrogen (secondary N) is 1. The summed E-state index contributed by atoms with van der Waals surface area (Å²) in [6.07, 6.45) is 2.33. The second-order valence-electron chi connectivity index (χ2n) is 6.16. The van der Waals surface area contributed by atoms with E-state index >= 15 is 0 Å². The van der Waals surface area contributed by atoms with Crippen LogP contribution in [0.15, 0.2) is 23.1 Å². The molecule has 0 bridgehead atoms. The standard InChI is InChI=1S/C17H26N2O5S/c1-4-18-17(21)13-11-12(9-10-16(13)24-3)25(22,23)19(2)14-7-5-6-8-15(14)20/h9-11,14-15,20H,4-8H2,1-3H3,(H,18,21)/t14-,15+/m0/s1. The third-order valence-corrected chi connectivity index (χ3v) is 6.47. The zero-order valence-electron chi connectivity index (χ0n) is 14.9. The fourth-order valence-corrected chi connectivity index (χ4v) is 4.58. The number of amides is 1. The van der Waals surface area contributed by atoms with Crippen molar-refractivity contribution in [1.82, 2.24) is 9.62 Å². The molecule has 2 N–H and O–H groups in total. The van der Waals surface area contributed by atoms with E-state index in [0.29, 0.717) is 25.1 Å². The molecule has 140 valence electrons. The summed E-state index contributed by atoms with van der Waals surface area (Å²) in [5.74, 6) is -0.0815. The van der Waals surface area contributed by atoms with Crippen LogP contribution in [0.4, 0.5) is 0 Å². The molecule has 0 saturated heterocycles. The fourth-order valence-electron chi connectivity index (χ4n) is 3.14. The van der Waals surface area contributed by atoms with E-state index in [-0.39, 0.29) is 10.5 Å². The van der Waals surface area contributed by atoms with Crippen molar-refractivity contribution in [3.8, 4) is 5.75 Å². The van der Waals surface area contributed by atoms with Gasteiger partial charge in [0.25, 0.3) is 5.91 Å². The van der Waals surface area contributed by atoms with Gasteiger partial charge in [0, 0.05) is 13.6 Å². The second-order valence-corrected chi connectivity index (χ2v) is 8.16. The van der Waals surface area contributed by atoms with E-state index in [4.69, 9.17) is 4.74 Å². The molecule has 1 aliphatic carbocycles. The molecule has 25 heavy (non-hydrogen) atoms. The van der Waals surface area contributed by atoms with Gasteiger partial charge in [-0.2, -0.15) is 4.31 Å². The first-order valence-corrected chi connectivity index (χ1v) is 9.89. The number of aliphatic hydroxyl groups is 1. The first-order valence-electron chi connectivity index (χ1n) is 8.45. The number of carbonyl (C=O) groups excluding carboxylic acids is 1. The number of aliphatic hydroxyl groups excluding tert-OH is 1. The molecule has 0 spiro atoms. The summed E-state index contributed by atoms with van der Waals surface area (Å²) in [5, 5.41) is 12.8. The zero-order chi connectivity index (χ0) is 18.6. The molecule has 2 rings (SSSR count). The maximum Gasteiger partial charge on any atom is 0.255 e. The van der Waals surface area contributed by atoms with Crippen LogP contribution in [0.2, 0.25) is 0 Å². The summed E-state index contributed by atoms with van der Waals surface area (Å²) in [7, 11) is -0.926. The molecular formula is C17H26N2O5S. The first-order chi connectivity index (χ1) is 11.8. The average molecular weight is 370 g/mol. The molecule has 0 unspecified atom stereocenters. The van der Waals surface area contributed by atoms with E-state index in [1.165, 1.54) is 36.7 Å². The molecule has 0 radical (unpaired) electrons. The Balaban J connectivity index is 2.38. The third-order valence-electron chi connectivity index (χ3n) is 4.59. The molecule has 7 nitrogen and oxygen atoms in total. The highest BCUT2D eigenvalue weighted by Gasteiger charge is 2.34. The van der Waals surface area contributed by atoms with E-state index in [1.807, 2.05) is 0 Å². The number of methoxy groups -OCH3 is 1. The monoisotopic (exact) mass is 370 g/mol. The fraction of sp³-hybridized carbons (Fsp3) is 0.588. The van der Waals surface area contributed by atoms with Crippen molar-refractivity contribution in [3.05, 3.63) is 23.8 Å². The number of rotatable bonds is 6. The molecule has 1 amide bonds. The Bertz CT molecular complexity index is 720. The summed E-state index contributed by atoms with van der Waals surface area (Å²) in [5.41, 5.74) is 0.169. The Morgan fingerprint density at radius 2 is 2.04 bits per heavy atom. The lowest BCUT2D eigenvalue weighted by atomic mass is 9.93. The second kappa shape index (κ2) is 8.16. The predicted molar refractivity (Wildman–Crippen MR) is 94.2 cm³/mol. The van der Waals surface area contributed by atoms with Crippen LogP contribution in [-0.2, 0) is 10.0 Å². The van der Waals surface area contributed by atoms with Crippen molar-refractivity contribution >= 4 is 15.9 Å². The SMILES string of the molecule is CCNC(=O)c1cc(S(=O)(=O)N(C)[C@H]2CCCC[C@H]2O)ccc1OC. The van der Waals surface area contributed by atoms with Gasteiger partial charge in [-0.1, -0.05) is 12.8 Å². The van der Waals surface area contributed by atoms with Crippen molar-refractivity contribution in [2.24, 2.45) is 0 Å². The van der Waals surface area contributed by atoms with Crippen molar-refractivity contribution in [3.63, 3.8) is 0 Å². The molecule has 1 aromatic carbocycles. The van der Waals surface area contributed by atoms with Gasteiger partial charge < -0.3 is 15.2 Å². The minimum absolute atomic E-state index is 0.00910. The maximum absolute atomic E-state index is 13.0. The number of nitrogens with zero attached hydrogens (tertiary/aromatic N) is 1. The third kappa shape index (κ3) is 4.13. The summed E-state index contributed by atoms with van der Waals surface area (Å²) in [6.45, 7) is 2.20. The van der Waals surface area contributed by atoms with Gasteiger partial charge in [-0.25, -0.2) is 8.42 Å². The largest absolute Gasteiger partial charge is 0.496 e. The van der Waals surface area contributed by atoms with Crippen LogP contribution in [0.5, 0.6) is 5.75 Å². The average Bonchev–Trinajstić information content (AvgIpc) is 2.61. The number of carbonyl (C=O) groups is 1. The number of ether oxygens (including phenoxy) is 1. The van der Waals surface area contributed by atoms with Gasteiger partial charge in [0.05, 0.1) is 29.7 Å². The molecular weight excluding hydrogens is 344 g/mol. The van der Waals surface area contributed by atoms with Crippen LogP contribution >= 0.6 is 0 Å². The summed E-state index contributed by atoms with van der Waals surface area (Å²) < 4.78 is 32.3. The summed E-state index contributed by atoms with van der Waals surface area (Å²) >= 11 is 0. The first kappa shape index (κ1) is 19.7. The minimum Gasteiger partial charge on any atom is -0.496 e. The van der Waals surface area contributed by atoms with E-state index in [9.17, 15) is 18.3 Å². The van der Waals surface area contributed by atoms with Gasteiger partial charge in [-0.3, -0.25) is 4.79 Å². The minimum atomic E-state index is -3.83. The topological polar surface area (TPSA) is 95.9 Å². The van der Waals surface area contributed by atoms with Crippen LogP contribution in [0, 0.1) is 0 Å². The molecule has 1 saturated carbocycles. The van der Waals surface area contributed by atoms with E-state index < -0.39 is 28.1 Å². The summed E-state index contributed by atoms with van der Waals surface area (Å²) in [4.78, 5) is 12.2. The number of hydrogen-bond acceptors (Lipinski definition) is 5. The predicted octanol–water partition coefficient (Wildman–Crippen LogP) is 1.37. The van der Waals surface area contributed by atoms with Gasteiger partial charge >= 0.3 is 0 Å². The Kier molecular flexibility index (Phi) is 6.42. The molecule has 0 aromatic heterocycles. The van der Waals surface area contributed by atoms with Gasteiger partial charge in [-0.15, -0.1) is 0 Å². The van der Waals surface area contributed by atoms with Crippen LogP contribution in [0.3, 0.4) is 0 Å². The molecule has 2 atom stereocenters. The van der Waals surface area contributed by atoms with Gasteiger partial charge in [0.15, 0.2) is 0 Å². The highest BCUT2D eigenvalue weighted by atomic mass is 32.2. The van der Waals surface area contributed by atoms with Gasteiger partial charge in [-0.05, 0) is 38.0 Å². The quantitative estimate of drug-likeness (QED) is 0.788.